The number of rotatable bonds is 7. The van der Waals surface area contributed by atoms with Gasteiger partial charge < -0.3 is 15.0 Å². The Kier molecular flexibility index (Phi) is 5.90. The highest BCUT2D eigenvalue weighted by molar-refractivity contribution is 5.93. The van der Waals surface area contributed by atoms with Crippen molar-refractivity contribution < 1.29 is 9.53 Å². The van der Waals surface area contributed by atoms with Crippen molar-refractivity contribution in [2.45, 2.75) is 26.4 Å². The third-order valence-electron chi connectivity index (χ3n) is 6.07. The Hall–Kier alpha value is -3.91. The SMILES string of the molecule is Cc1cc(-c2cn[nH]c2-c2cc(C(=O)NCc3ccc4c(c3)CCO4)[nH]n2)ccc1CN(C)C. The molecule has 0 saturated heterocycles. The molecule has 1 aliphatic rings. The second-order valence-corrected chi connectivity index (χ2v) is 8.93. The van der Waals surface area contributed by atoms with Crippen LogP contribution in [0.3, 0.4) is 0 Å². The maximum Gasteiger partial charge on any atom is 0.269 e. The van der Waals surface area contributed by atoms with Crippen molar-refractivity contribution in [3.05, 3.63) is 76.6 Å². The zero-order chi connectivity index (χ0) is 23.7. The zero-order valence-electron chi connectivity index (χ0n) is 19.6. The summed E-state index contributed by atoms with van der Waals surface area (Å²) in [6.45, 7) is 4.17. The molecule has 8 heteroatoms. The van der Waals surface area contributed by atoms with Crippen molar-refractivity contribution in [2.24, 2.45) is 0 Å². The topological polar surface area (TPSA) is 98.9 Å². The van der Waals surface area contributed by atoms with E-state index >= 15 is 0 Å². The molecular formula is C26H28N6O2. The standard InChI is InChI=1S/C26H28N6O2/c1-16-10-18(5-6-20(16)15-32(2)3)21-14-28-31-25(21)22-12-23(30-29-22)26(33)27-13-17-4-7-24-19(11-17)8-9-34-24/h4-7,10-12,14H,8-9,13,15H2,1-3H3,(H,27,33)(H,28,31)(H,29,30). The molecule has 0 unspecified atom stereocenters. The number of H-pyrrole nitrogens is 2. The fourth-order valence-corrected chi connectivity index (χ4v) is 4.28. The van der Waals surface area contributed by atoms with Crippen molar-refractivity contribution in [3.63, 3.8) is 0 Å². The molecule has 34 heavy (non-hydrogen) atoms. The van der Waals surface area contributed by atoms with Gasteiger partial charge in [-0.2, -0.15) is 10.2 Å². The van der Waals surface area contributed by atoms with Gasteiger partial charge in [0.2, 0.25) is 0 Å². The van der Waals surface area contributed by atoms with Gasteiger partial charge in [0.15, 0.2) is 0 Å². The monoisotopic (exact) mass is 456 g/mol. The van der Waals surface area contributed by atoms with Crippen LogP contribution >= 0.6 is 0 Å². The molecule has 3 heterocycles. The number of amides is 1. The lowest BCUT2D eigenvalue weighted by molar-refractivity contribution is 0.0946. The summed E-state index contributed by atoms with van der Waals surface area (Å²) in [5.74, 6) is 0.728. The number of fused-ring (bicyclic) bond motifs is 1. The molecule has 1 amide bonds. The van der Waals surface area contributed by atoms with Gasteiger partial charge in [0.25, 0.3) is 5.91 Å². The van der Waals surface area contributed by atoms with E-state index in [1.165, 1.54) is 16.7 Å². The largest absolute Gasteiger partial charge is 0.493 e. The Morgan fingerprint density at radius 1 is 1.15 bits per heavy atom. The summed E-state index contributed by atoms with van der Waals surface area (Å²) < 4.78 is 5.54. The number of ether oxygens (including phenoxy) is 1. The Bertz CT molecular complexity index is 1340. The second kappa shape index (κ2) is 9.15. The van der Waals surface area contributed by atoms with Crippen LogP contribution in [-0.4, -0.2) is 51.9 Å². The molecule has 8 nitrogen and oxygen atoms in total. The Morgan fingerprint density at radius 2 is 2.03 bits per heavy atom. The molecule has 0 atom stereocenters. The number of nitrogens with one attached hydrogen (secondary N) is 3. The number of carbonyl (C=O) groups excluding carboxylic acids is 1. The van der Waals surface area contributed by atoms with E-state index in [2.05, 4.69) is 75.9 Å². The van der Waals surface area contributed by atoms with Crippen LogP contribution in [0.15, 0.2) is 48.7 Å². The fraction of sp³-hybridized carbons (Fsp3) is 0.269. The quantitative estimate of drug-likeness (QED) is 0.394. The van der Waals surface area contributed by atoms with E-state index in [1.54, 1.807) is 12.3 Å². The van der Waals surface area contributed by atoms with E-state index in [4.69, 9.17) is 4.74 Å². The summed E-state index contributed by atoms with van der Waals surface area (Å²) in [5, 5.41) is 17.5. The third kappa shape index (κ3) is 4.45. The number of aromatic nitrogens is 4. The highest BCUT2D eigenvalue weighted by Gasteiger charge is 2.17. The van der Waals surface area contributed by atoms with Gasteiger partial charge in [0, 0.05) is 25.1 Å². The lowest BCUT2D eigenvalue weighted by Crippen LogP contribution is -2.23. The average Bonchev–Trinajstić information content (AvgIpc) is 3.58. The van der Waals surface area contributed by atoms with E-state index < -0.39 is 0 Å². The van der Waals surface area contributed by atoms with E-state index in [1.807, 2.05) is 12.1 Å². The Balaban J connectivity index is 1.30. The third-order valence-corrected chi connectivity index (χ3v) is 6.07. The van der Waals surface area contributed by atoms with Gasteiger partial charge in [-0.1, -0.05) is 30.3 Å². The van der Waals surface area contributed by atoms with Crippen LogP contribution in [0, 0.1) is 6.92 Å². The van der Waals surface area contributed by atoms with Crippen molar-refractivity contribution in [2.75, 3.05) is 20.7 Å². The maximum atomic E-state index is 12.7. The number of benzene rings is 2. The van der Waals surface area contributed by atoms with Crippen LogP contribution in [0.1, 0.15) is 32.7 Å². The smallest absolute Gasteiger partial charge is 0.269 e. The number of aromatic amines is 2. The van der Waals surface area contributed by atoms with Gasteiger partial charge in [-0.05, 0) is 61.0 Å². The molecule has 2 aromatic carbocycles. The highest BCUT2D eigenvalue weighted by atomic mass is 16.5. The summed E-state index contributed by atoms with van der Waals surface area (Å²) in [4.78, 5) is 14.9. The first-order valence-corrected chi connectivity index (χ1v) is 11.3. The number of aryl methyl sites for hydroxylation is 1. The molecule has 0 bridgehead atoms. The Morgan fingerprint density at radius 3 is 2.85 bits per heavy atom. The van der Waals surface area contributed by atoms with Crippen molar-refractivity contribution in [1.29, 1.82) is 0 Å². The summed E-state index contributed by atoms with van der Waals surface area (Å²) in [5.41, 5.74) is 8.55. The molecule has 2 aromatic heterocycles. The molecule has 1 aliphatic heterocycles. The molecule has 3 N–H and O–H groups in total. The average molecular weight is 457 g/mol. The first-order chi connectivity index (χ1) is 16.5. The minimum absolute atomic E-state index is 0.208. The lowest BCUT2D eigenvalue weighted by Gasteiger charge is -2.13. The van der Waals surface area contributed by atoms with Crippen LogP contribution < -0.4 is 10.1 Å². The number of hydrogen-bond acceptors (Lipinski definition) is 5. The Labute approximate surface area is 198 Å². The van der Waals surface area contributed by atoms with Crippen molar-refractivity contribution >= 4 is 5.91 Å². The van der Waals surface area contributed by atoms with Gasteiger partial charge >= 0.3 is 0 Å². The van der Waals surface area contributed by atoms with Crippen molar-refractivity contribution in [1.82, 2.24) is 30.6 Å². The number of carbonyl (C=O) groups is 1. The summed E-state index contributed by atoms with van der Waals surface area (Å²) in [6, 6.07) is 14.2. The van der Waals surface area contributed by atoms with Crippen LogP contribution in [0.2, 0.25) is 0 Å². The number of nitrogens with zero attached hydrogens (tertiary/aromatic N) is 3. The van der Waals surface area contributed by atoms with E-state index in [-0.39, 0.29) is 5.91 Å². The fourth-order valence-electron chi connectivity index (χ4n) is 4.28. The van der Waals surface area contributed by atoms with Gasteiger partial charge in [0.05, 0.1) is 18.5 Å². The first kappa shape index (κ1) is 21.9. The second-order valence-electron chi connectivity index (χ2n) is 8.93. The van der Waals surface area contributed by atoms with Crippen molar-refractivity contribution in [3.8, 4) is 28.3 Å². The zero-order valence-corrected chi connectivity index (χ0v) is 19.6. The molecular weight excluding hydrogens is 428 g/mol. The highest BCUT2D eigenvalue weighted by Crippen LogP contribution is 2.31. The summed E-state index contributed by atoms with van der Waals surface area (Å²) >= 11 is 0. The van der Waals surface area contributed by atoms with E-state index in [9.17, 15) is 4.79 Å². The van der Waals surface area contributed by atoms with Gasteiger partial charge in [-0.3, -0.25) is 15.0 Å². The van der Waals surface area contributed by atoms with Gasteiger partial charge in [-0.25, -0.2) is 0 Å². The molecule has 0 spiro atoms. The summed E-state index contributed by atoms with van der Waals surface area (Å²) in [6.07, 6.45) is 2.70. The van der Waals surface area contributed by atoms with Crippen LogP contribution in [-0.2, 0) is 19.5 Å². The number of hydrogen-bond donors (Lipinski definition) is 3. The predicted octanol–water partition coefficient (Wildman–Crippen LogP) is 3.70. The summed E-state index contributed by atoms with van der Waals surface area (Å²) in [7, 11) is 4.13. The molecule has 4 aromatic rings. The van der Waals surface area contributed by atoms with Crippen LogP contribution in [0.25, 0.3) is 22.5 Å². The predicted molar refractivity (Wildman–Crippen MR) is 131 cm³/mol. The molecule has 0 radical (unpaired) electrons. The van der Waals surface area contributed by atoms with Gasteiger partial charge in [0.1, 0.15) is 17.1 Å². The minimum Gasteiger partial charge on any atom is -0.493 e. The van der Waals surface area contributed by atoms with Crippen LogP contribution in [0.5, 0.6) is 5.75 Å². The normalized spacial score (nSPS) is 12.6. The van der Waals surface area contributed by atoms with Gasteiger partial charge in [-0.15, -0.1) is 0 Å². The first-order valence-electron chi connectivity index (χ1n) is 11.3. The lowest BCUT2D eigenvalue weighted by atomic mass is 9.99. The minimum atomic E-state index is -0.208. The molecule has 0 saturated carbocycles. The maximum absolute atomic E-state index is 12.7. The van der Waals surface area contributed by atoms with Crippen LogP contribution in [0.4, 0.5) is 0 Å². The molecule has 5 rings (SSSR count). The van der Waals surface area contributed by atoms with E-state index in [0.717, 1.165) is 47.7 Å². The molecule has 0 aliphatic carbocycles. The molecule has 174 valence electrons. The van der Waals surface area contributed by atoms with E-state index in [0.29, 0.717) is 17.9 Å². The molecule has 0 fully saturated rings.